The largest absolute Gasteiger partial charge is 0.486 e. The molecule has 1 N–H and O–H groups in total. The van der Waals surface area contributed by atoms with Gasteiger partial charge in [-0.2, -0.15) is 0 Å². The van der Waals surface area contributed by atoms with Gasteiger partial charge in [0.05, 0.1) is 11.1 Å². The maximum atomic E-state index is 13.5. The number of carbonyl (C=O) groups excluding carboxylic acids is 1. The molecule has 6 aromatic rings. The summed E-state index contributed by atoms with van der Waals surface area (Å²) in [5.74, 6) is 1.07. The molecule has 0 bridgehead atoms. The first kappa shape index (κ1) is 33.3. The highest BCUT2D eigenvalue weighted by molar-refractivity contribution is 7.15. The fourth-order valence-electron chi connectivity index (χ4n) is 5.68. The van der Waals surface area contributed by atoms with E-state index in [1.165, 1.54) is 15.3 Å². The number of amides is 1. The first-order valence-electron chi connectivity index (χ1n) is 16.1. The lowest BCUT2D eigenvalue weighted by atomic mass is 9.87. The summed E-state index contributed by atoms with van der Waals surface area (Å²) in [4.78, 5) is 20.6. The van der Waals surface area contributed by atoms with Crippen molar-refractivity contribution < 1.29 is 14.3 Å². The Bertz CT molecular complexity index is 2020. The molecule has 0 saturated carbocycles. The van der Waals surface area contributed by atoms with E-state index in [1.54, 1.807) is 17.5 Å². The molecular weight excluding hydrogens is 636 g/mol. The Morgan fingerprint density at radius 2 is 1.69 bits per heavy atom. The number of nitrogens with one attached hydrogen (secondary N) is 1. The van der Waals surface area contributed by atoms with E-state index < -0.39 is 6.04 Å². The standard InChI is InChI=1S/C41H39ClN2O3S/c1-27-15-20-37(48-27)30-13-8-12-29(22-30)36(44-38(45)26-46-33-18-16-32(17-19-33)41(2,3)4)24-31-23-35(42)34-14-9-21-43-39(34)40(31)47-25-28-10-6-5-7-11-28/h5-23,36H,24-26H2,1-4H3,(H,44,45). The van der Waals surface area contributed by atoms with Gasteiger partial charge in [0, 0.05) is 33.3 Å². The molecule has 0 spiro atoms. The Labute approximate surface area is 291 Å². The predicted octanol–water partition coefficient (Wildman–Crippen LogP) is 10.3. The molecule has 244 valence electrons. The Balaban J connectivity index is 1.32. The SMILES string of the molecule is Cc1ccc(-c2cccc(C(Cc3cc(Cl)c4cccnc4c3OCc3ccccc3)NC(=O)COc3ccc(C(C)(C)C)cc3)c2)s1. The van der Waals surface area contributed by atoms with E-state index in [0.29, 0.717) is 35.1 Å². The lowest BCUT2D eigenvalue weighted by molar-refractivity contribution is -0.123. The van der Waals surface area contributed by atoms with Gasteiger partial charge >= 0.3 is 0 Å². The Morgan fingerprint density at radius 1 is 0.896 bits per heavy atom. The molecule has 0 radical (unpaired) electrons. The highest BCUT2D eigenvalue weighted by Crippen LogP contribution is 2.38. The summed E-state index contributed by atoms with van der Waals surface area (Å²) in [6.07, 6.45) is 2.17. The van der Waals surface area contributed by atoms with Crippen molar-refractivity contribution in [1.29, 1.82) is 0 Å². The molecule has 48 heavy (non-hydrogen) atoms. The summed E-state index contributed by atoms with van der Waals surface area (Å²) < 4.78 is 12.5. The monoisotopic (exact) mass is 674 g/mol. The number of benzene rings is 4. The van der Waals surface area contributed by atoms with E-state index in [-0.39, 0.29) is 17.9 Å². The van der Waals surface area contributed by atoms with Gasteiger partial charge in [-0.3, -0.25) is 9.78 Å². The molecule has 6 rings (SSSR count). The zero-order chi connectivity index (χ0) is 33.7. The number of pyridine rings is 1. The maximum absolute atomic E-state index is 13.5. The molecule has 4 aromatic carbocycles. The van der Waals surface area contributed by atoms with Crippen LogP contribution >= 0.6 is 22.9 Å². The van der Waals surface area contributed by atoms with Crippen molar-refractivity contribution in [3.8, 4) is 21.9 Å². The van der Waals surface area contributed by atoms with Crippen molar-refractivity contribution in [2.24, 2.45) is 0 Å². The third-order valence-electron chi connectivity index (χ3n) is 8.26. The van der Waals surface area contributed by atoms with Crippen LogP contribution in [0.3, 0.4) is 0 Å². The van der Waals surface area contributed by atoms with Crippen LogP contribution in [-0.4, -0.2) is 17.5 Å². The second kappa shape index (κ2) is 14.6. The van der Waals surface area contributed by atoms with Crippen LogP contribution in [0.2, 0.25) is 5.02 Å². The van der Waals surface area contributed by atoms with Gasteiger partial charge in [0.15, 0.2) is 6.61 Å². The maximum Gasteiger partial charge on any atom is 0.258 e. The number of hydrogen-bond acceptors (Lipinski definition) is 5. The summed E-state index contributed by atoms with van der Waals surface area (Å²) in [6, 6.07) is 35.9. The van der Waals surface area contributed by atoms with Crippen LogP contribution in [0.1, 0.15) is 53.9 Å². The van der Waals surface area contributed by atoms with E-state index in [2.05, 4.69) is 62.3 Å². The molecule has 2 heterocycles. The minimum Gasteiger partial charge on any atom is -0.486 e. The summed E-state index contributed by atoms with van der Waals surface area (Å²) in [6.45, 7) is 8.86. The molecule has 1 atom stereocenters. The first-order valence-corrected chi connectivity index (χ1v) is 17.3. The third-order valence-corrected chi connectivity index (χ3v) is 9.62. The van der Waals surface area contributed by atoms with Crippen LogP contribution in [0.4, 0.5) is 0 Å². The van der Waals surface area contributed by atoms with Crippen molar-refractivity contribution >= 4 is 39.7 Å². The predicted molar refractivity (Wildman–Crippen MR) is 197 cm³/mol. The molecule has 1 amide bonds. The van der Waals surface area contributed by atoms with Crippen molar-refractivity contribution in [2.45, 2.75) is 52.2 Å². The molecule has 2 aromatic heterocycles. The number of rotatable bonds is 11. The van der Waals surface area contributed by atoms with Crippen LogP contribution < -0.4 is 14.8 Å². The van der Waals surface area contributed by atoms with Gasteiger partial charge in [0.1, 0.15) is 23.6 Å². The van der Waals surface area contributed by atoms with Gasteiger partial charge in [0.25, 0.3) is 5.91 Å². The van der Waals surface area contributed by atoms with Crippen LogP contribution in [-0.2, 0) is 23.2 Å². The molecule has 0 fully saturated rings. The van der Waals surface area contributed by atoms with E-state index in [9.17, 15) is 4.79 Å². The summed E-state index contributed by atoms with van der Waals surface area (Å²) in [5.41, 5.74) is 5.87. The van der Waals surface area contributed by atoms with E-state index in [4.69, 9.17) is 21.1 Å². The number of hydrogen-bond donors (Lipinski definition) is 1. The summed E-state index contributed by atoms with van der Waals surface area (Å²) in [7, 11) is 0. The molecule has 0 aliphatic heterocycles. The quantitative estimate of drug-likeness (QED) is 0.149. The topological polar surface area (TPSA) is 60.5 Å². The van der Waals surface area contributed by atoms with Crippen LogP contribution in [0.15, 0.2) is 115 Å². The second-order valence-corrected chi connectivity index (χ2v) is 14.6. The normalized spacial score (nSPS) is 12.1. The zero-order valence-electron chi connectivity index (χ0n) is 27.6. The number of ether oxygens (including phenoxy) is 2. The Hall–Kier alpha value is -4.65. The number of halogens is 1. The molecule has 0 aliphatic rings. The smallest absolute Gasteiger partial charge is 0.258 e. The molecule has 5 nitrogen and oxygen atoms in total. The number of carbonyl (C=O) groups is 1. The van der Waals surface area contributed by atoms with Gasteiger partial charge in [-0.1, -0.05) is 93.0 Å². The molecular formula is C41H39ClN2O3S. The van der Waals surface area contributed by atoms with Crippen LogP contribution in [0.25, 0.3) is 21.3 Å². The minimum atomic E-state index is -0.401. The third kappa shape index (κ3) is 8.07. The number of aryl methyl sites for hydroxylation is 1. The number of aromatic nitrogens is 1. The van der Waals surface area contributed by atoms with Crippen LogP contribution in [0.5, 0.6) is 11.5 Å². The lowest BCUT2D eigenvalue weighted by Crippen LogP contribution is -2.34. The molecule has 7 heteroatoms. The van der Waals surface area contributed by atoms with Gasteiger partial charge in [0.2, 0.25) is 0 Å². The van der Waals surface area contributed by atoms with E-state index >= 15 is 0 Å². The molecule has 0 saturated heterocycles. The zero-order valence-corrected chi connectivity index (χ0v) is 29.2. The average molecular weight is 675 g/mol. The first-order chi connectivity index (χ1) is 23.1. The highest BCUT2D eigenvalue weighted by Gasteiger charge is 2.22. The minimum absolute atomic E-state index is 0.0321. The van der Waals surface area contributed by atoms with Crippen molar-refractivity contribution in [3.05, 3.63) is 148 Å². The van der Waals surface area contributed by atoms with Gasteiger partial charge < -0.3 is 14.8 Å². The van der Waals surface area contributed by atoms with Crippen molar-refractivity contribution in [2.75, 3.05) is 6.61 Å². The fraction of sp³-hybridized carbons (Fsp3) is 0.220. The second-order valence-electron chi connectivity index (χ2n) is 12.9. The lowest BCUT2D eigenvalue weighted by Gasteiger charge is -2.23. The van der Waals surface area contributed by atoms with Crippen molar-refractivity contribution in [1.82, 2.24) is 10.3 Å². The average Bonchev–Trinajstić information content (AvgIpc) is 3.53. The van der Waals surface area contributed by atoms with Gasteiger partial charge in [-0.05, 0) is 83.1 Å². The Morgan fingerprint density at radius 3 is 2.42 bits per heavy atom. The van der Waals surface area contributed by atoms with E-state index in [1.807, 2.05) is 84.9 Å². The number of thiophene rings is 1. The molecule has 0 aliphatic carbocycles. The van der Waals surface area contributed by atoms with Crippen molar-refractivity contribution in [3.63, 3.8) is 0 Å². The molecule has 1 unspecified atom stereocenters. The van der Waals surface area contributed by atoms with Crippen LogP contribution in [0, 0.1) is 6.92 Å². The van der Waals surface area contributed by atoms with E-state index in [0.717, 1.165) is 27.6 Å². The number of fused-ring (bicyclic) bond motifs is 1. The summed E-state index contributed by atoms with van der Waals surface area (Å²) in [5, 5.41) is 4.65. The van der Waals surface area contributed by atoms with Gasteiger partial charge in [-0.25, -0.2) is 0 Å². The fourth-order valence-corrected chi connectivity index (χ4v) is 6.82. The Kier molecular flexibility index (Phi) is 10.1. The summed E-state index contributed by atoms with van der Waals surface area (Å²) >= 11 is 8.59. The highest BCUT2D eigenvalue weighted by atomic mass is 35.5. The van der Waals surface area contributed by atoms with Gasteiger partial charge in [-0.15, -0.1) is 11.3 Å². The number of nitrogens with zero attached hydrogens (tertiary/aromatic N) is 1.